The Kier molecular flexibility index (Phi) is 5.39. The molecular formula is C25H45N3O2. The van der Waals surface area contributed by atoms with Crippen LogP contribution in [0.15, 0.2) is 0 Å². The minimum Gasteiger partial charge on any atom is -0.481 e. The number of hydrogen-bond acceptors (Lipinski definition) is 4. The second-order valence-electron chi connectivity index (χ2n) is 12.0. The van der Waals surface area contributed by atoms with Crippen molar-refractivity contribution in [1.29, 1.82) is 0 Å². The molecule has 0 aromatic heterocycles. The molecule has 0 aliphatic heterocycles. The van der Waals surface area contributed by atoms with Crippen molar-refractivity contribution >= 4 is 5.97 Å². The third kappa shape index (κ3) is 2.67. The zero-order chi connectivity index (χ0) is 22.0. The molecule has 0 bridgehead atoms. The highest BCUT2D eigenvalue weighted by atomic mass is 16.4. The van der Waals surface area contributed by atoms with E-state index in [-0.39, 0.29) is 28.3 Å². The molecule has 0 heterocycles. The van der Waals surface area contributed by atoms with Crippen molar-refractivity contribution in [3.05, 3.63) is 0 Å². The monoisotopic (exact) mass is 419 g/mol. The van der Waals surface area contributed by atoms with E-state index in [0.717, 1.165) is 64.2 Å². The number of carboxylic acid groups (broad SMARTS) is 1. The lowest BCUT2D eigenvalue weighted by Gasteiger charge is -2.75. The summed E-state index contributed by atoms with van der Waals surface area (Å²) in [5.41, 5.74) is 21.4. The zero-order valence-corrected chi connectivity index (χ0v) is 19.5. The Morgan fingerprint density at radius 3 is 2.33 bits per heavy atom. The lowest BCUT2D eigenvalue weighted by atomic mass is 9.35. The highest BCUT2D eigenvalue weighted by Gasteiger charge is 2.75. The van der Waals surface area contributed by atoms with E-state index in [2.05, 4.69) is 20.8 Å². The lowest BCUT2D eigenvalue weighted by molar-refractivity contribution is -0.176. The van der Waals surface area contributed by atoms with Gasteiger partial charge in [0.25, 0.3) is 0 Å². The molecule has 0 aromatic carbocycles. The van der Waals surface area contributed by atoms with Crippen molar-refractivity contribution in [1.82, 2.24) is 0 Å². The summed E-state index contributed by atoms with van der Waals surface area (Å²) in [5, 5.41) is 9.08. The molecule has 0 aromatic rings. The molecule has 7 N–H and O–H groups in total. The highest BCUT2D eigenvalue weighted by molar-refractivity contribution is 5.66. The summed E-state index contributed by atoms with van der Waals surface area (Å²) in [6, 6.07) is 0. The quantitative estimate of drug-likeness (QED) is 0.534. The molecule has 5 nitrogen and oxygen atoms in total. The molecule has 4 aliphatic rings. The lowest BCUT2D eigenvalue weighted by Crippen LogP contribution is -2.88. The van der Waals surface area contributed by atoms with Crippen LogP contribution >= 0.6 is 0 Å². The summed E-state index contributed by atoms with van der Waals surface area (Å²) in [7, 11) is 0. The largest absolute Gasteiger partial charge is 0.481 e. The Bertz CT molecular complexity index is 700. The van der Waals surface area contributed by atoms with Crippen LogP contribution < -0.4 is 17.2 Å². The highest BCUT2D eigenvalue weighted by Crippen LogP contribution is 2.71. The van der Waals surface area contributed by atoms with Gasteiger partial charge in [-0.1, -0.05) is 40.0 Å². The first kappa shape index (κ1) is 22.5. The van der Waals surface area contributed by atoms with Crippen LogP contribution in [0.25, 0.3) is 0 Å². The Labute approximate surface area is 182 Å². The molecule has 6 unspecified atom stereocenters. The first-order valence-electron chi connectivity index (χ1n) is 12.6. The summed E-state index contributed by atoms with van der Waals surface area (Å²) in [6.45, 7) is 7.11. The summed E-state index contributed by atoms with van der Waals surface area (Å²) in [5.74, 6) is 0.724. The van der Waals surface area contributed by atoms with E-state index in [4.69, 9.17) is 22.3 Å². The van der Waals surface area contributed by atoms with Gasteiger partial charge in [-0.25, -0.2) is 0 Å². The molecule has 172 valence electrons. The van der Waals surface area contributed by atoms with Crippen molar-refractivity contribution in [2.24, 2.45) is 45.8 Å². The SMILES string of the molecule is CC[C@H]1CC2(N)C3CCC(CCCC(=O)O)C3(C)CC[C@]2(N)C2(C)CCCCC12N. The topological polar surface area (TPSA) is 115 Å². The molecule has 4 fully saturated rings. The first-order chi connectivity index (χ1) is 14.0. The number of carbonyl (C=O) groups is 1. The maximum atomic E-state index is 11.0. The van der Waals surface area contributed by atoms with Gasteiger partial charge >= 0.3 is 5.97 Å². The maximum absolute atomic E-state index is 11.0. The van der Waals surface area contributed by atoms with Gasteiger partial charge < -0.3 is 22.3 Å². The van der Waals surface area contributed by atoms with Gasteiger partial charge in [-0.15, -0.1) is 0 Å². The van der Waals surface area contributed by atoms with Crippen LogP contribution in [0.2, 0.25) is 0 Å². The number of rotatable bonds is 5. The number of aliphatic carboxylic acids is 1. The van der Waals surface area contributed by atoms with Crippen LogP contribution in [0.1, 0.15) is 104 Å². The molecule has 4 saturated carbocycles. The van der Waals surface area contributed by atoms with Crippen LogP contribution in [0.4, 0.5) is 0 Å². The van der Waals surface area contributed by atoms with Crippen LogP contribution in [-0.2, 0) is 4.79 Å². The van der Waals surface area contributed by atoms with Gasteiger partial charge in [-0.05, 0) is 81.0 Å². The molecule has 0 radical (unpaired) electrons. The number of hydrogen-bond donors (Lipinski definition) is 4. The van der Waals surface area contributed by atoms with Crippen molar-refractivity contribution in [2.75, 3.05) is 0 Å². The van der Waals surface area contributed by atoms with Crippen LogP contribution in [0.3, 0.4) is 0 Å². The fraction of sp³-hybridized carbons (Fsp3) is 0.960. The van der Waals surface area contributed by atoms with Gasteiger partial charge in [-0.3, -0.25) is 4.79 Å². The number of carboxylic acids is 1. The van der Waals surface area contributed by atoms with Crippen molar-refractivity contribution < 1.29 is 9.90 Å². The maximum Gasteiger partial charge on any atom is 0.303 e. The minimum absolute atomic E-state index is 0.116. The fourth-order valence-corrected chi connectivity index (χ4v) is 9.43. The Balaban J connectivity index is 1.69. The average molecular weight is 420 g/mol. The van der Waals surface area contributed by atoms with Crippen molar-refractivity contribution in [2.45, 2.75) is 121 Å². The standard InChI is InChI=1S/C25H45N3O2/c1-4-17-16-24(27)19-11-10-18(8-7-9-20(29)30)21(19,2)14-15-25(24,28)22(3)12-5-6-13-23(17,22)26/h17-19H,4-16,26-28H2,1-3H3,(H,29,30)/t17-,18?,19?,21?,22?,23?,24?,25-/m0/s1. The summed E-state index contributed by atoms with van der Waals surface area (Å²) in [6.07, 6.45) is 13.0. The zero-order valence-electron chi connectivity index (χ0n) is 19.5. The van der Waals surface area contributed by atoms with Gasteiger partial charge in [0.2, 0.25) is 0 Å². The molecule has 30 heavy (non-hydrogen) atoms. The van der Waals surface area contributed by atoms with E-state index in [1.165, 1.54) is 12.8 Å². The predicted molar refractivity (Wildman–Crippen MR) is 121 cm³/mol. The van der Waals surface area contributed by atoms with E-state index in [1.807, 2.05) is 0 Å². The van der Waals surface area contributed by atoms with Crippen molar-refractivity contribution in [3.63, 3.8) is 0 Å². The second-order valence-corrected chi connectivity index (χ2v) is 12.0. The molecule has 5 heteroatoms. The van der Waals surface area contributed by atoms with Crippen molar-refractivity contribution in [3.8, 4) is 0 Å². The number of fused-ring (bicyclic) bond motifs is 5. The van der Waals surface area contributed by atoms with Gasteiger partial charge in [0, 0.05) is 28.5 Å². The molecular weight excluding hydrogens is 374 g/mol. The van der Waals surface area contributed by atoms with E-state index in [1.54, 1.807) is 0 Å². The molecule has 0 amide bonds. The predicted octanol–water partition coefficient (Wildman–Crippen LogP) is 4.17. The third-order valence-corrected chi connectivity index (χ3v) is 11.3. The van der Waals surface area contributed by atoms with Crippen LogP contribution in [-0.4, -0.2) is 27.7 Å². The van der Waals surface area contributed by atoms with Gasteiger partial charge in [-0.2, -0.15) is 0 Å². The second kappa shape index (κ2) is 7.18. The summed E-state index contributed by atoms with van der Waals surface area (Å²) < 4.78 is 0. The van der Waals surface area contributed by atoms with Gasteiger partial charge in [0.1, 0.15) is 0 Å². The third-order valence-electron chi connectivity index (χ3n) is 11.3. The molecule has 0 saturated heterocycles. The van der Waals surface area contributed by atoms with E-state index in [9.17, 15) is 4.79 Å². The minimum atomic E-state index is -0.683. The molecule has 4 aliphatic carbocycles. The normalized spacial score (nSPS) is 52.9. The molecule has 8 atom stereocenters. The average Bonchev–Trinajstić information content (AvgIpc) is 3.02. The summed E-state index contributed by atoms with van der Waals surface area (Å²) >= 11 is 0. The van der Waals surface area contributed by atoms with Gasteiger partial charge in [0.15, 0.2) is 0 Å². The van der Waals surface area contributed by atoms with Gasteiger partial charge in [0.05, 0.1) is 0 Å². The van der Waals surface area contributed by atoms with E-state index < -0.39 is 11.5 Å². The number of nitrogens with two attached hydrogens (primary N) is 3. The van der Waals surface area contributed by atoms with Crippen LogP contribution in [0, 0.1) is 28.6 Å². The molecule has 4 rings (SSSR count). The summed E-state index contributed by atoms with van der Waals surface area (Å²) in [4.78, 5) is 11.0. The fourth-order valence-electron chi connectivity index (χ4n) is 9.43. The van der Waals surface area contributed by atoms with E-state index in [0.29, 0.717) is 17.8 Å². The van der Waals surface area contributed by atoms with E-state index >= 15 is 0 Å². The molecule has 0 spiro atoms. The first-order valence-corrected chi connectivity index (χ1v) is 12.6. The Morgan fingerprint density at radius 1 is 0.967 bits per heavy atom. The van der Waals surface area contributed by atoms with Crippen LogP contribution in [0.5, 0.6) is 0 Å². The Hall–Kier alpha value is -0.650. The smallest absolute Gasteiger partial charge is 0.303 e. The Morgan fingerprint density at radius 2 is 1.67 bits per heavy atom.